The molecule has 1 amide bonds. The van der Waals surface area contributed by atoms with Gasteiger partial charge >= 0.3 is 12.3 Å². The van der Waals surface area contributed by atoms with Crippen LogP contribution in [-0.4, -0.2) is 89.9 Å². The normalized spacial score (nSPS) is 22.1. The number of carbonyl (C=O) groups excluding carboxylic acids is 2. The van der Waals surface area contributed by atoms with Gasteiger partial charge in [0.25, 0.3) is 0 Å². The molecule has 1 saturated heterocycles. The number of aliphatic hydroxyl groups excluding tert-OH is 2. The molecule has 0 unspecified atom stereocenters. The van der Waals surface area contributed by atoms with Gasteiger partial charge in [-0.15, -0.1) is 13.2 Å². The number of alkyl halides is 3. The van der Waals surface area contributed by atoms with E-state index in [0.29, 0.717) is 5.56 Å². The third-order valence-electron chi connectivity index (χ3n) is 4.83. The first-order valence-corrected chi connectivity index (χ1v) is 10.2. The number of esters is 1. The molecule has 0 radical (unpaired) electrons. The van der Waals surface area contributed by atoms with Gasteiger partial charge in [-0.25, -0.2) is 4.79 Å². The average Bonchev–Trinajstić information content (AvgIpc) is 3.37. The lowest BCUT2D eigenvalue weighted by atomic mass is 10.1. The zero-order valence-electron chi connectivity index (χ0n) is 18.2. The summed E-state index contributed by atoms with van der Waals surface area (Å²) in [7, 11) is 1.18. The zero-order valence-corrected chi connectivity index (χ0v) is 18.2. The van der Waals surface area contributed by atoms with E-state index in [9.17, 15) is 33.0 Å². The molecule has 4 atom stereocenters. The number of ether oxygens (including phenoxy) is 4. The second-order valence-electron chi connectivity index (χ2n) is 7.36. The number of aromatic nitrogens is 2. The average molecular weight is 505 g/mol. The third kappa shape index (κ3) is 7.61. The Morgan fingerprint density at radius 2 is 1.80 bits per heavy atom. The number of aliphatic hydroxyl groups is 2. The van der Waals surface area contributed by atoms with E-state index in [4.69, 9.17) is 14.0 Å². The van der Waals surface area contributed by atoms with Gasteiger partial charge in [-0.1, -0.05) is 5.16 Å². The van der Waals surface area contributed by atoms with Crippen LogP contribution in [0, 0.1) is 0 Å². The summed E-state index contributed by atoms with van der Waals surface area (Å²) in [6, 6.07) is 4.82. The molecule has 192 valence electrons. The monoisotopic (exact) mass is 505 g/mol. The van der Waals surface area contributed by atoms with Crippen LogP contribution in [0.3, 0.4) is 0 Å². The second kappa shape index (κ2) is 11.4. The van der Waals surface area contributed by atoms with Crippen LogP contribution in [-0.2, 0) is 30.2 Å². The van der Waals surface area contributed by atoms with Gasteiger partial charge in [-0.2, -0.15) is 4.98 Å². The fraction of sp³-hybridized carbons (Fsp3) is 0.500. The van der Waals surface area contributed by atoms with Crippen molar-refractivity contribution in [1.29, 1.82) is 0 Å². The molecule has 0 saturated carbocycles. The van der Waals surface area contributed by atoms with Crippen molar-refractivity contribution in [1.82, 2.24) is 15.5 Å². The van der Waals surface area contributed by atoms with Gasteiger partial charge in [0.05, 0.1) is 19.6 Å². The Hall–Kier alpha value is -3.27. The Morgan fingerprint density at radius 1 is 1.11 bits per heavy atom. The van der Waals surface area contributed by atoms with Crippen molar-refractivity contribution in [3.8, 4) is 17.1 Å². The van der Waals surface area contributed by atoms with Gasteiger partial charge in [0.15, 0.2) is 0 Å². The second-order valence-corrected chi connectivity index (χ2v) is 7.36. The number of nitrogens with one attached hydrogen (secondary N) is 1. The number of nitrogens with zero attached hydrogens (tertiary/aromatic N) is 2. The molecule has 15 heteroatoms. The lowest BCUT2D eigenvalue weighted by molar-refractivity contribution is -0.274. The highest BCUT2D eigenvalue weighted by molar-refractivity contribution is 5.77. The number of rotatable bonds is 10. The van der Waals surface area contributed by atoms with E-state index in [1.165, 1.54) is 19.2 Å². The van der Waals surface area contributed by atoms with Crippen LogP contribution < -0.4 is 10.1 Å². The standard InChI is InChI=1S/C20H22F3N3O9/c1-31-16(28)9-32-8-14(27)24-7-13-18(30)17(29)12(33-13)6-15-25-19(26-35-15)10-2-4-11(5-3-10)34-20(21,22)23/h2-5,12-13,17-18,29-30H,6-9H2,1H3,(H,24,27)/t12-,13-,17-,18+/m0/s1. The number of hydrogen-bond donors (Lipinski definition) is 3. The molecule has 3 rings (SSSR count). The van der Waals surface area contributed by atoms with Gasteiger partial charge in [0.2, 0.25) is 17.6 Å². The topological polar surface area (TPSA) is 162 Å². The Morgan fingerprint density at radius 3 is 2.46 bits per heavy atom. The van der Waals surface area contributed by atoms with Gasteiger partial charge in [0.1, 0.15) is 37.3 Å². The molecule has 0 spiro atoms. The highest BCUT2D eigenvalue weighted by Crippen LogP contribution is 2.27. The molecule has 3 N–H and O–H groups in total. The van der Waals surface area contributed by atoms with Crippen molar-refractivity contribution < 1.29 is 56.4 Å². The molecule has 12 nitrogen and oxygen atoms in total. The maximum atomic E-state index is 12.3. The Balaban J connectivity index is 1.50. The first-order chi connectivity index (χ1) is 16.6. The van der Waals surface area contributed by atoms with Crippen LogP contribution in [0.15, 0.2) is 28.8 Å². The molecule has 1 aromatic heterocycles. The van der Waals surface area contributed by atoms with Crippen molar-refractivity contribution in [2.24, 2.45) is 0 Å². The maximum absolute atomic E-state index is 12.3. The minimum Gasteiger partial charge on any atom is -0.467 e. The molecule has 0 bridgehead atoms. The lowest BCUT2D eigenvalue weighted by Gasteiger charge is -2.15. The highest BCUT2D eigenvalue weighted by atomic mass is 19.4. The smallest absolute Gasteiger partial charge is 0.467 e. The number of benzene rings is 1. The van der Waals surface area contributed by atoms with Gasteiger partial charge in [-0.05, 0) is 24.3 Å². The number of amides is 1. The quantitative estimate of drug-likeness (QED) is 0.372. The van der Waals surface area contributed by atoms with Crippen LogP contribution in [0.2, 0.25) is 0 Å². The van der Waals surface area contributed by atoms with Crippen molar-refractivity contribution in [2.45, 2.75) is 37.2 Å². The molecule has 1 aromatic carbocycles. The summed E-state index contributed by atoms with van der Waals surface area (Å²) >= 11 is 0. The van der Waals surface area contributed by atoms with E-state index in [1.807, 2.05) is 0 Å². The maximum Gasteiger partial charge on any atom is 0.573 e. The summed E-state index contributed by atoms with van der Waals surface area (Å²) in [6.07, 6.45) is -9.40. The van der Waals surface area contributed by atoms with E-state index in [1.54, 1.807) is 0 Å². The summed E-state index contributed by atoms with van der Waals surface area (Å²) < 4.78 is 60.6. The minimum absolute atomic E-state index is 0.0489. The fourth-order valence-electron chi connectivity index (χ4n) is 3.15. The van der Waals surface area contributed by atoms with Crippen molar-refractivity contribution in [3.05, 3.63) is 30.2 Å². The number of halogens is 3. The molecular weight excluding hydrogens is 483 g/mol. The Labute approximate surface area is 195 Å². The van der Waals surface area contributed by atoms with E-state index in [0.717, 1.165) is 12.1 Å². The Kier molecular flexibility index (Phi) is 8.61. The molecule has 2 aromatic rings. The molecule has 0 aliphatic carbocycles. The zero-order chi connectivity index (χ0) is 25.6. The Bertz CT molecular complexity index is 1000. The van der Waals surface area contributed by atoms with Crippen LogP contribution in [0.25, 0.3) is 11.4 Å². The molecular formula is C20H22F3N3O9. The number of carbonyl (C=O) groups is 2. The van der Waals surface area contributed by atoms with Crippen molar-refractivity contribution in [3.63, 3.8) is 0 Å². The first-order valence-electron chi connectivity index (χ1n) is 10.2. The number of hydrogen-bond acceptors (Lipinski definition) is 11. The summed E-state index contributed by atoms with van der Waals surface area (Å²) in [4.78, 5) is 26.8. The van der Waals surface area contributed by atoms with E-state index < -0.39 is 61.6 Å². The first kappa shape index (κ1) is 26.3. The van der Waals surface area contributed by atoms with Gasteiger partial charge in [-0.3, -0.25) is 4.79 Å². The van der Waals surface area contributed by atoms with Gasteiger partial charge in [0, 0.05) is 12.1 Å². The molecule has 1 aliphatic heterocycles. The molecule has 2 heterocycles. The van der Waals surface area contributed by atoms with Crippen LogP contribution in [0.1, 0.15) is 5.89 Å². The van der Waals surface area contributed by atoms with Gasteiger partial charge < -0.3 is 39.0 Å². The predicted molar refractivity (Wildman–Crippen MR) is 107 cm³/mol. The predicted octanol–water partition coefficient (Wildman–Crippen LogP) is -0.0273. The van der Waals surface area contributed by atoms with E-state index in [-0.39, 0.29) is 24.7 Å². The molecule has 1 aliphatic rings. The largest absolute Gasteiger partial charge is 0.573 e. The van der Waals surface area contributed by atoms with E-state index in [2.05, 4.69) is 24.9 Å². The summed E-state index contributed by atoms with van der Waals surface area (Å²) in [6.45, 7) is -0.959. The van der Waals surface area contributed by atoms with Crippen LogP contribution in [0.5, 0.6) is 5.75 Å². The SMILES string of the molecule is COC(=O)COCC(=O)NC[C@@H]1O[C@@H](Cc2nc(-c3ccc(OC(F)(F)F)cc3)no2)[C@H](O)[C@@H]1O. The number of methoxy groups -OCH3 is 1. The summed E-state index contributed by atoms with van der Waals surface area (Å²) in [5.41, 5.74) is 0.359. The van der Waals surface area contributed by atoms with Crippen molar-refractivity contribution in [2.75, 3.05) is 26.9 Å². The highest BCUT2D eigenvalue weighted by Gasteiger charge is 2.43. The third-order valence-corrected chi connectivity index (χ3v) is 4.83. The molecule has 35 heavy (non-hydrogen) atoms. The summed E-state index contributed by atoms with van der Waals surface area (Å²) in [5, 5.41) is 26.7. The molecule has 1 fully saturated rings. The fourth-order valence-corrected chi connectivity index (χ4v) is 3.15. The summed E-state index contributed by atoms with van der Waals surface area (Å²) in [5.74, 6) is -1.49. The van der Waals surface area contributed by atoms with Crippen LogP contribution >= 0.6 is 0 Å². The lowest BCUT2D eigenvalue weighted by Crippen LogP contribution is -2.41. The minimum atomic E-state index is -4.81. The van der Waals surface area contributed by atoms with Crippen molar-refractivity contribution >= 4 is 11.9 Å². The van der Waals surface area contributed by atoms with Crippen LogP contribution in [0.4, 0.5) is 13.2 Å². The van der Waals surface area contributed by atoms with E-state index >= 15 is 0 Å².